The Morgan fingerprint density at radius 1 is 1.36 bits per heavy atom. The van der Waals surface area contributed by atoms with E-state index in [9.17, 15) is 4.79 Å². The van der Waals surface area contributed by atoms with Crippen LogP contribution in [0.15, 0.2) is 29.0 Å². The van der Waals surface area contributed by atoms with Crippen molar-refractivity contribution in [2.45, 2.75) is 38.5 Å². The van der Waals surface area contributed by atoms with Crippen molar-refractivity contribution in [2.75, 3.05) is 13.1 Å². The maximum Gasteiger partial charge on any atom is 0.255 e. The fourth-order valence-electron chi connectivity index (χ4n) is 2.65. The van der Waals surface area contributed by atoms with Crippen molar-refractivity contribution < 1.29 is 9.32 Å². The van der Waals surface area contributed by atoms with Crippen molar-refractivity contribution in [1.82, 2.24) is 20.0 Å². The topological polar surface area (TPSA) is 72.1 Å². The first-order chi connectivity index (χ1) is 10.6. The largest absolute Gasteiger partial charge is 0.339 e. The van der Waals surface area contributed by atoms with E-state index in [0.717, 1.165) is 18.7 Å². The van der Waals surface area contributed by atoms with Gasteiger partial charge in [-0.3, -0.25) is 9.78 Å². The standard InChI is InChI=1S/C16H20N4O2/c1-11(2)14-18-15(22-19-14)12-5-8-20(9-6-12)16(21)13-4-3-7-17-10-13/h3-4,7,10-12H,5-6,8-9H2,1-2H3. The highest BCUT2D eigenvalue weighted by Crippen LogP contribution is 2.28. The van der Waals surface area contributed by atoms with Gasteiger partial charge in [-0.1, -0.05) is 19.0 Å². The van der Waals surface area contributed by atoms with Gasteiger partial charge >= 0.3 is 0 Å². The van der Waals surface area contributed by atoms with E-state index in [0.29, 0.717) is 24.5 Å². The maximum absolute atomic E-state index is 12.4. The van der Waals surface area contributed by atoms with Gasteiger partial charge in [-0.05, 0) is 25.0 Å². The molecule has 6 heteroatoms. The number of hydrogen-bond acceptors (Lipinski definition) is 5. The third-order valence-electron chi connectivity index (χ3n) is 4.01. The van der Waals surface area contributed by atoms with Crippen molar-refractivity contribution >= 4 is 5.91 Å². The number of likely N-dealkylation sites (tertiary alicyclic amines) is 1. The first-order valence-electron chi connectivity index (χ1n) is 7.68. The second-order valence-electron chi connectivity index (χ2n) is 5.95. The fraction of sp³-hybridized carbons (Fsp3) is 0.500. The Bertz CT molecular complexity index is 631. The van der Waals surface area contributed by atoms with Gasteiger partial charge in [0.25, 0.3) is 5.91 Å². The summed E-state index contributed by atoms with van der Waals surface area (Å²) in [7, 11) is 0. The Kier molecular flexibility index (Phi) is 4.18. The van der Waals surface area contributed by atoms with Crippen molar-refractivity contribution in [3.05, 3.63) is 41.8 Å². The summed E-state index contributed by atoms with van der Waals surface area (Å²) in [5.41, 5.74) is 0.640. The summed E-state index contributed by atoms with van der Waals surface area (Å²) >= 11 is 0. The predicted octanol–water partition coefficient (Wildman–Crippen LogP) is 2.61. The molecule has 0 atom stereocenters. The van der Waals surface area contributed by atoms with Crippen molar-refractivity contribution in [3.8, 4) is 0 Å². The van der Waals surface area contributed by atoms with Crippen molar-refractivity contribution in [2.24, 2.45) is 0 Å². The molecule has 1 amide bonds. The van der Waals surface area contributed by atoms with Gasteiger partial charge in [-0.15, -0.1) is 0 Å². The lowest BCUT2D eigenvalue weighted by Crippen LogP contribution is -2.38. The van der Waals surface area contributed by atoms with Crippen LogP contribution in [0, 0.1) is 0 Å². The summed E-state index contributed by atoms with van der Waals surface area (Å²) in [4.78, 5) is 22.7. The van der Waals surface area contributed by atoms with E-state index >= 15 is 0 Å². The van der Waals surface area contributed by atoms with Gasteiger partial charge < -0.3 is 9.42 Å². The summed E-state index contributed by atoms with van der Waals surface area (Å²) in [5, 5.41) is 4.02. The Hall–Kier alpha value is -2.24. The second-order valence-corrected chi connectivity index (χ2v) is 5.95. The molecule has 0 N–H and O–H groups in total. The fourth-order valence-corrected chi connectivity index (χ4v) is 2.65. The van der Waals surface area contributed by atoms with E-state index in [4.69, 9.17) is 4.52 Å². The minimum absolute atomic E-state index is 0.0416. The van der Waals surface area contributed by atoms with Crippen LogP contribution in [0.4, 0.5) is 0 Å². The summed E-state index contributed by atoms with van der Waals surface area (Å²) in [5.74, 6) is 2.02. The van der Waals surface area contributed by atoms with Gasteiger partial charge in [0.15, 0.2) is 5.82 Å². The molecule has 0 spiro atoms. The van der Waals surface area contributed by atoms with Crippen molar-refractivity contribution in [1.29, 1.82) is 0 Å². The number of amides is 1. The Morgan fingerprint density at radius 2 is 2.14 bits per heavy atom. The van der Waals surface area contributed by atoms with Gasteiger partial charge in [0.05, 0.1) is 5.56 Å². The minimum Gasteiger partial charge on any atom is -0.339 e. The molecular formula is C16H20N4O2. The van der Waals surface area contributed by atoms with Crippen LogP contribution in [-0.2, 0) is 0 Å². The van der Waals surface area contributed by atoms with Crippen LogP contribution in [0.5, 0.6) is 0 Å². The van der Waals surface area contributed by atoms with Crippen LogP contribution in [0.1, 0.15) is 60.6 Å². The average molecular weight is 300 g/mol. The van der Waals surface area contributed by atoms with Gasteiger partial charge in [-0.25, -0.2) is 0 Å². The Labute approximate surface area is 129 Å². The molecule has 2 aromatic heterocycles. The van der Waals surface area contributed by atoms with E-state index in [2.05, 4.69) is 15.1 Å². The molecule has 1 saturated heterocycles. The number of nitrogens with zero attached hydrogens (tertiary/aromatic N) is 4. The molecule has 0 bridgehead atoms. The number of rotatable bonds is 3. The highest BCUT2D eigenvalue weighted by Gasteiger charge is 2.28. The van der Waals surface area contributed by atoms with E-state index in [1.165, 1.54) is 0 Å². The number of hydrogen-bond donors (Lipinski definition) is 0. The zero-order chi connectivity index (χ0) is 15.5. The number of carbonyl (C=O) groups excluding carboxylic acids is 1. The van der Waals surface area contributed by atoms with Gasteiger partial charge in [0.2, 0.25) is 5.89 Å². The first-order valence-corrected chi connectivity index (χ1v) is 7.68. The van der Waals surface area contributed by atoms with E-state index < -0.39 is 0 Å². The molecule has 0 unspecified atom stereocenters. The number of aromatic nitrogens is 3. The smallest absolute Gasteiger partial charge is 0.255 e. The van der Waals surface area contributed by atoms with Crippen LogP contribution in [0.25, 0.3) is 0 Å². The molecular weight excluding hydrogens is 280 g/mol. The van der Waals surface area contributed by atoms with E-state index in [1.54, 1.807) is 24.5 Å². The molecule has 1 aliphatic rings. The first kappa shape index (κ1) is 14.7. The summed E-state index contributed by atoms with van der Waals surface area (Å²) in [6, 6.07) is 3.58. The van der Waals surface area contributed by atoms with Crippen LogP contribution in [0.2, 0.25) is 0 Å². The highest BCUT2D eigenvalue weighted by atomic mass is 16.5. The molecule has 6 nitrogen and oxygen atoms in total. The SMILES string of the molecule is CC(C)c1noc(C2CCN(C(=O)c3cccnc3)CC2)n1. The number of piperidine rings is 1. The Morgan fingerprint density at radius 3 is 2.73 bits per heavy atom. The molecule has 3 rings (SSSR count). The summed E-state index contributed by atoms with van der Waals surface area (Å²) in [6.07, 6.45) is 4.99. The molecule has 1 aliphatic heterocycles. The third kappa shape index (κ3) is 3.00. The number of carbonyl (C=O) groups is 1. The zero-order valence-corrected chi connectivity index (χ0v) is 12.9. The van der Waals surface area contributed by atoms with E-state index in [1.807, 2.05) is 18.7 Å². The second kappa shape index (κ2) is 6.25. The molecule has 0 saturated carbocycles. The van der Waals surface area contributed by atoms with Gasteiger partial charge in [0, 0.05) is 37.3 Å². The average Bonchev–Trinajstić information content (AvgIpc) is 3.05. The third-order valence-corrected chi connectivity index (χ3v) is 4.01. The zero-order valence-electron chi connectivity index (χ0n) is 12.9. The minimum atomic E-state index is 0.0416. The molecule has 0 aromatic carbocycles. The molecule has 116 valence electrons. The molecule has 0 radical (unpaired) electrons. The maximum atomic E-state index is 12.4. The molecule has 1 fully saturated rings. The highest BCUT2D eigenvalue weighted by molar-refractivity contribution is 5.93. The monoisotopic (exact) mass is 300 g/mol. The lowest BCUT2D eigenvalue weighted by molar-refractivity contribution is 0.0704. The van der Waals surface area contributed by atoms with Crippen LogP contribution >= 0.6 is 0 Å². The Balaban J connectivity index is 1.61. The van der Waals surface area contributed by atoms with Crippen LogP contribution in [0.3, 0.4) is 0 Å². The van der Waals surface area contributed by atoms with Gasteiger partial charge in [0.1, 0.15) is 0 Å². The predicted molar refractivity (Wildman–Crippen MR) is 80.5 cm³/mol. The van der Waals surface area contributed by atoms with Gasteiger partial charge in [-0.2, -0.15) is 4.98 Å². The van der Waals surface area contributed by atoms with Crippen LogP contribution in [-0.4, -0.2) is 39.0 Å². The van der Waals surface area contributed by atoms with E-state index in [-0.39, 0.29) is 17.7 Å². The molecule has 0 aliphatic carbocycles. The lowest BCUT2D eigenvalue weighted by Gasteiger charge is -2.30. The summed E-state index contributed by atoms with van der Waals surface area (Å²) < 4.78 is 5.37. The molecule has 3 heterocycles. The molecule has 22 heavy (non-hydrogen) atoms. The quantitative estimate of drug-likeness (QED) is 0.871. The van der Waals surface area contributed by atoms with Crippen molar-refractivity contribution in [3.63, 3.8) is 0 Å². The normalized spacial score (nSPS) is 16.2. The summed E-state index contributed by atoms with van der Waals surface area (Å²) in [6.45, 7) is 5.50. The van der Waals surface area contributed by atoms with Crippen LogP contribution < -0.4 is 0 Å². The lowest BCUT2D eigenvalue weighted by atomic mass is 9.96. The number of pyridine rings is 1. The molecule has 2 aromatic rings.